The van der Waals surface area contributed by atoms with Gasteiger partial charge in [-0.05, 0) is 48.4 Å². The highest BCUT2D eigenvalue weighted by molar-refractivity contribution is 6.41. The van der Waals surface area contributed by atoms with Crippen LogP contribution < -0.4 is 9.47 Å². The molecule has 0 saturated heterocycles. The highest BCUT2D eigenvalue weighted by atomic mass is 19.1. The first kappa shape index (κ1) is 19.6. The number of ether oxygens (including phenoxy) is 2. The van der Waals surface area contributed by atoms with E-state index in [0.29, 0.717) is 40.4 Å². The van der Waals surface area contributed by atoms with Crippen molar-refractivity contribution in [2.24, 2.45) is 0 Å². The minimum Gasteiger partial charge on any atom is -0.490 e. The van der Waals surface area contributed by atoms with Crippen LogP contribution in [0.2, 0.25) is 0 Å². The molecule has 0 spiro atoms. The van der Waals surface area contributed by atoms with Crippen LogP contribution in [0.1, 0.15) is 38.8 Å². The monoisotopic (exact) mass is 402 g/mol. The van der Waals surface area contributed by atoms with Crippen molar-refractivity contribution in [2.45, 2.75) is 13.5 Å². The first-order valence-electron chi connectivity index (χ1n) is 9.61. The van der Waals surface area contributed by atoms with Gasteiger partial charge in [0.05, 0.1) is 12.2 Å². The van der Waals surface area contributed by atoms with Crippen molar-refractivity contribution in [3.05, 3.63) is 100 Å². The maximum Gasteiger partial charge on any atom is 0.197 e. The van der Waals surface area contributed by atoms with Crippen molar-refractivity contribution < 1.29 is 23.5 Å². The third-order valence-electron chi connectivity index (χ3n) is 4.77. The normalized spacial score (nSPS) is 12.7. The van der Waals surface area contributed by atoms with E-state index in [0.717, 1.165) is 0 Å². The number of rotatable bonds is 6. The van der Waals surface area contributed by atoms with Crippen LogP contribution in [0.4, 0.5) is 4.39 Å². The molecule has 30 heavy (non-hydrogen) atoms. The van der Waals surface area contributed by atoms with E-state index in [2.05, 4.69) is 0 Å². The molecule has 0 atom stereocenters. The van der Waals surface area contributed by atoms with E-state index < -0.39 is 0 Å². The zero-order chi connectivity index (χ0) is 21.1. The maximum atomic E-state index is 13.4. The Morgan fingerprint density at radius 1 is 0.833 bits per heavy atom. The number of benzene rings is 3. The van der Waals surface area contributed by atoms with E-state index in [1.165, 1.54) is 12.1 Å². The Labute approximate surface area is 173 Å². The van der Waals surface area contributed by atoms with Crippen LogP contribution in [0.15, 0.2) is 72.3 Å². The lowest BCUT2D eigenvalue weighted by atomic mass is 10.1. The Balaban J connectivity index is 1.60. The van der Waals surface area contributed by atoms with Crippen molar-refractivity contribution in [3.8, 4) is 11.5 Å². The van der Waals surface area contributed by atoms with Gasteiger partial charge in [-0.1, -0.05) is 42.5 Å². The van der Waals surface area contributed by atoms with Gasteiger partial charge in [-0.15, -0.1) is 0 Å². The molecular weight excluding hydrogens is 383 g/mol. The summed E-state index contributed by atoms with van der Waals surface area (Å²) >= 11 is 0. The molecular formula is C25H19FO4. The first-order chi connectivity index (χ1) is 14.6. The average molecular weight is 402 g/mol. The molecule has 0 aliphatic heterocycles. The van der Waals surface area contributed by atoms with Crippen molar-refractivity contribution >= 4 is 17.6 Å². The van der Waals surface area contributed by atoms with Gasteiger partial charge < -0.3 is 9.47 Å². The fraction of sp³-hybridized carbons (Fsp3) is 0.120. The summed E-state index contributed by atoms with van der Waals surface area (Å²) in [5, 5.41) is 0. The van der Waals surface area contributed by atoms with Gasteiger partial charge in [0.2, 0.25) is 0 Å². The summed E-state index contributed by atoms with van der Waals surface area (Å²) < 4.78 is 24.8. The molecule has 1 aliphatic carbocycles. The Morgan fingerprint density at radius 3 is 2.23 bits per heavy atom. The quantitative estimate of drug-likeness (QED) is 0.417. The first-order valence-corrected chi connectivity index (χ1v) is 9.61. The summed E-state index contributed by atoms with van der Waals surface area (Å²) in [6, 6.07) is 18.2. The van der Waals surface area contributed by atoms with Gasteiger partial charge in [-0.3, -0.25) is 9.59 Å². The molecule has 0 N–H and O–H groups in total. The predicted molar refractivity (Wildman–Crippen MR) is 111 cm³/mol. The lowest BCUT2D eigenvalue weighted by molar-refractivity contribution is 0.0990. The van der Waals surface area contributed by atoms with E-state index in [4.69, 9.17) is 9.47 Å². The number of carbonyl (C=O) groups is 2. The van der Waals surface area contributed by atoms with Gasteiger partial charge in [0.1, 0.15) is 12.4 Å². The second-order valence-electron chi connectivity index (χ2n) is 6.82. The number of carbonyl (C=O) groups excluding carboxylic acids is 2. The zero-order valence-corrected chi connectivity index (χ0v) is 16.4. The SMILES string of the molecule is CCOc1cc(C=C2C(=O)c3ccccc3C2=O)ccc1OCc1cccc(F)c1. The van der Waals surface area contributed by atoms with E-state index >= 15 is 0 Å². The summed E-state index contributed by atoms with van der Waals surface area (Å²) in [6.07, 6.45) is 1.57. The van der Waals surface area contributed by atoms with Crippen molar-refractivity contribution in [3.63, 3.8) is 0 Å². The molecule has 0 saturated carbocycles. The lowest BCUT2D eigenvalue weighted by Crippen LogP contribution is -2.02. The van der Waals surface area contributed by atoms with E-state index in [1.807, 2.05) is 6.92 Å². The van der Waals surface area contributed by atoms with Crippen LogP contribution in [-0.2, 0) is 6.61 Å². The van der Waals surface area contributed by atoms with Gasteiger partial charge in [0, 0.05) is 11.1 Å². The van der Waals surface area contributed by atoms with Gasteiger partial charge in [0.15, 0.2) is 23.1 Å². The average Bonchev–Trinajstić information content (AvgIpc) is 2.99. The molecule has 5 heteroatoms. The fourth-order valence-corrected chi connectivity index (χ4v) is 3.36. The van der Waals surface area contributed by atoms with Crippen LogP contribution >= 0.6 is 0 Å². The zero-order valence-electron chi connectivity index (χ0n) is 16.4. The molecule has 4 nitrogen and oxygen atoms in total. The van der Waals surface area contributed by atoms with E-state index in [9.17, 15) is 14.0 Å². The van der Waals surface area contributed by atoms with Gasteiger partial charge >= 0.3 is 0 Å². The molecule has 3 aromatic carbocycles. The van der Waals surface area contributed by atoms with Crippen LogP contribution in [0, 0.1) is 5.82 Å². The number of hydrogen-bond acceptors (Lipinski definition) is 4. The molecule has 0 unspecified atom stereocenters. The Kier molecular flexibility index (Phi) is 5.44. The number of fused-ring (bicyclic) bond motifs is 1. The highest BCUT2D eigenvalue weighted by Crippen LogP contribution is 2.32. The number of ketones is 2. The summed E-state index contributed by atoms with van der Waals surface area (Å²) in [4.78, 5) is 25.2. The second-order valence-corrected chi connectivity index (χ2v) is 6.82. The maximum absolute atomic E-state index is 13.4. The van der Waals surface area contributed by atoms with Crippen LogP contribution in [0.5, 0.6) is 11.5 Å². The van der Waals surface area contributed by atoms with Gasteiger partial charge in [-0.2, -0.15) is 0 Å². The molecule has 3 aromatic rings. The molecule has 0 heterocycles. The fourth-order valence-electron chi connectivity index (χ4n) is 3.36. The van der Waals surface area contributed by atoms with Gasteiger partial charge in [-0.25, -0.2) is 4.39 Å². The molecule has 0 radical (unpaired) electrons. The summed E-state index contributed by atoms with van der Waals surface area (Å²) in [5.74, 6) is 0.101. The summed E-state index contributed by atoms with van der Waals surface area (Å²) in [5.41, 5.74) is 2.33. The van der Waals surface area contributed by atoms with Crippen molar-refractivity contribution in [1.82, 2.24) is 0 Å². The smallest absolute Gasteiger partial charge is 0.197 e. The molecule has 4 rings (SSSR count). The summed E-state index contributed by atoms with van der Waals surface area (Å²) in [7, 11) is 0. The van der Waals surface area contributed by atoms with Crippen molar-refractivity contribution in [1.29, 1.82) is 0 Å². The second kappa shape index (κ2) is 8.33. The van der Waals surface area contributed by atoms with E-state index in [1.54, 1.807) is 60.7 Å². The largest absolute Gasteiger partial charge is 0.490 e. The Bertz CT molecular complexity index is 1130. The Morgan fingerprint density at radius 2 is 1.57 bits per heavy atom. The van der Waals surface area contributed by atoms with E-state index in [-0.39, 0.29) is 29.6 Å². The molecule has 0 fully saturated rings. The number of halogens is 1. The standard InChI is InChI=1S/C25H19FO4/c1-2-29-23-14-16(10-11-22(23)30-15-17-6-5-7-18(26)12-17)13-21-24(27)19-8-3-4-9-20(19)25(21)28/h3-14H,2,15H2,1H3. The minimum atomic E-state index is -0.324. The van der Waals surface area contributed by atoms with Crippen LogP contribution in [-0.4, -0.2) is 18.2 Å². The van der Waals surface area contributed by atoms with Crippen molar-refractivity contribution in [2.75, 3.05) is 6.61 Å². The number of hydrogen-bond donors (Lipinski definition) is 0. The molecule has 150 valence electrons. The highest BCUT2D eigenvalue weighted by Gasteiger charge is 2.32. The summed E-state index contributed by atoms with van der Waals surface area (Å²) in [6.45, 7) is 2.45. The number of allylic oxidation sites excluding steroid dienone is 1. The third kappa shape index (κ3) is 3.87. The molecule has 0 bridgehead atoms. The Hall–Kier alpha value is -3.73. The molecule has 1 aliphatic rings. The minimum absolute atomic E-state index is 0.132. The number of Topliss-reactive ketones (excluding diaryl/α,β-unsaturated/α-hetero) is 2. The van der Waals surface area contributed by atoms with Crippen LogP contribution in [0.25, 0.3) is 6.08 Å². The molecule has 0 amide bonds. The molecule has 0 aromatic heterocycles. The predicted octanol–water partition coefficient (Wildman–Crippen LogP) is 5.27. The third-order valence-corrected chi connectivity index (χ3v) is 4.77. The topological polar surface area (TPSA) is 52.6 Å². The lowest BCUT2D eigenvalue weighted by Gasteiger charge is -2.13. The van der Waals surface area contributed by atoms with Gasteiger partial charge in [0.25, 0.3) is 0 Å². The van der Waals surface area contributed by atoms with Crippen LogP contribution in [0.3, 0.4) is 0 Å².